The molecule has 0 saturated heterocycles. The number of urea groups is 1. The molecule has 162 valence electrons. The van der Waals surface area contributed by atoms with E-state index in [0.29, 0.717) is 12.5 Å². The number of nitrogens with one attached hydrogen (secondary N) is 2. The Hall–Kier alpha value is -3.19. The highest BCUT2D eigenvalue weighted by Gasteiger charge is 2.26. The van der Waals surface area contributed by atoms with Crippen molar-refractivity contribution in [3.63, 3.8) is 0 Å². The third-order valence-corrected chi connectivity index (χ3v) is 5.96. The molecule has 0 spiro atoms. The molecule has 7 heteroatoms. The Kier molecular flexibility index (Phi) is 6.32. The normalized spacial score (nSPS) is 14.8. The van der Waals surface area contributed by atoms with Crippen LogP contribution in [0.3, 0.4) is 0 Å². The molecular formula is C24H30N6O. The fourth-order valence-corrected chi connectivity index (χ4v) is 4.24. The second-order valence-corrected chi connectivity index (χ2v) is 8.48. The average molecular weight is 419 g/mol. The van der Waals surface area contributed by atoms with Gasteiger partial charge in [0.15, 0.2) is 5.82 Å². The minimum atomic E-state index is -0.196. The van der Waals surface area contributed by atoms with E-state index in [0.717, 1.165) is 36.6 Å². The molecular weight excluding hydrogens is 388 g/mol. The number of aromatic nitrogens is 3. The van der Waals surface area contributed by atoms with Crippen LogP contribution in [0.15, 0.2) is 54.9 Å². The summed E-state index contributed by atoms with van der Waals surface area (Å²) >= 11 is 0. The number of hydrogen-bond donors (Lipinski definition) is 2. The van der Waals surface area contributed by atoms with Crippen molar-refractivity contribution in [1.29, 1.82) is 0 Å². The summed E-state index contributed by atoms with van der Waals surface area (Å²) in [4.78, 5) is 15.1. The molecule has 0 aliphatic carbocycles. The third-order valence-electron chi connectivity index (χ3n) is 5.96. The lowest BCUT2D eigenvalue weighted by molar-refractivity contribution is 0.138. The molecule has 4 rings (SSSR count). The summed E-state index contributed by atoms with van der Waals surface area (Å²) in [5.74, 6) is 1.19. The molecule has 1 aromatic heterocycles. The molecule has 0 bridgehead atoms. The fraction of sp³-hybridized carbons (Fsp3) is 0.375. The number of anilines is 1. The topological polar surface area (TPSA) is 75.1 Å². The van der Waals surface area contributed by atoms with E-state index < -0.39 is 0 Å². The van der Waals surface area contributed by atoms with Gasteiger partial charge in [0.2, 0.25) is 0 Å². The van der Waals surface area contributed by atoms with Gasteiger partial charge >= 0.3 is 6.03 Å². The van der Waals surface area contributed by atoms with Crippen molar-refractivity contribution in [2.24, 2.45) is 13.0 Å². The first-order chi connectivity index (χ1) is 15.0. The minimum absolute atomic E-state index is 0.196. The molecule has 2 N–H and O–H groups in total. The highest BCUT2D eigenvalue weighted by atomic mass is 16.2. The van der Waals surface area contributed by atoms with Crippen LogP contribution in [-0.4, -0.2) is 44.8 Å². The van der Waals surface area contributed by atoms with E-state index >= 15 is 0 Å². The summed E-state index contributed by atoms with van der Waals surface area (Å²) in [5.41, 5.74) is 4.47. The van der Waals surface area contributed by atoms with Gasteiger partial charge < -0.3 is 15.2 Å². The molecule has 1 aliphatic rings. The molecule has 0 radical (unpaired) electrons. The van der Waals surface area contributed by atoms with Gasteiger partial charge in [-0.2, -0.15) is 0 Å². The van der Waals surface area contributed by atoms with E-state index in [1.807, 2.05) is 35.9 Å². The quantitative estimate of drug-likeness (QED) is 0.640. The highest BCUT2D eigenvalue weighted by Crippen LogP contribution is 2.23. The molecule has 7 nitrogen and oxygen atoms in total. The summed E-state index contributed by atoms with van der Waals surface area (Å²) in [6.07, 6.45) is 2.72. The molecule has 2 heterocycles. The summed E-state index contributed by atoms with van der Waals surface area (Å²) in [6.45, 7) is 6.99. The maximum Gasteiger partial charge on any atom is 0.319 e. The van der Waals surface area contributed by atoms with Crippen molar-refractivity contribution >= 4 is 11.7 Å². The van der Waals surface area contributed by atoms with Crippen molar-refractivity contribution < 1.29 is 4.79 Å². The van der Waals surface area contributed by atoms with Crippen molar-refractivity contribution in [2.75, 3.05) is 18.4 Å². The number of benzene rings is 2. The molecule has 3 aromatic rings. The number of carbonyl (C=O) groups is 1. The zero-order chi connectivity index (χ0) is 21.8. The van der Waals surface area contributed by atoms with E-state index in [9.17, 15) is 4.79 Å². The fourth-order valence-electron chi connectivity index (χ4n) is 4.24. The first-order valence-corrected chi connectivity index (χ1v) is 10.8. The largest absolute Gasteiger partial charge is 0.336 e. The number of hydrogen-bond acceptors (Lipinski definition) is 4. The van der Waals surface area contributed by atoms with Gasteiger partial charge in [0, 0.05) is 44.0 Å². The highest BCUT2D eigenvalue weighted by molar-refractivity contribution is 5.89. The molecule has 0 fully saturated rings. The van der Waals surface area contributed by atoms with Crippen molar-refractivity contribution in [1.82, 2.24) is 25.0 Å². The van der Waals surface area contributed by atoms with E-state index in [2.05, 4.69) is 63.8 Å². The van der Waals surface area contributed by atoms with Gasteiger partial charge in [-0.15, -0.1) is 10.2 Å². The number of fused-ring (bicyclic) bond motifs is 1. The standard InChI is InChI=1S/C24H30N6O/c1-17(2)22(30-12-11-18-7-4-5-8-20(18)15-30)14-25-24(31)27-21-10-6-9-19(13-21)23-28-26-16-29(23)3/h4-10,13,16-17,22H,11-12,14-15H2,1-3H3,(H2,25,27,31)/t22-/m1/s1. The van der Waals surface area contributed by atoms with Crippen LogP contribution >= 0.6 is 0 Å². The predicted octanol–water partition coefficient (Wildman–Crippen LogP) is 3.69. The summed E-state index contributed by atoms with van der Waals surface area (Å²) in [5, 5.41) is 14.1. The van der Waals surface area contributed by atoms with E-state index in [4.69, 9.17) is 0 Å². The van der Waals surface area contributed by atoms with Gasteiger partial charge in [-0.1, -0.05) is 50.2 Å². The number of carbonyl (C=O) groups excluding carboxylic acids is 1. The lowest BCUT2D eigenvalue weighted by Crippen LogP contribution is -2.49. The van der Waals surface area contributed by atoms with Gasteiger partial charge in [-0.25, -0.2) is 4.79 Å². The Morgan fingerprint density at radius 2 is 1.94 bits per heavy atom. The van der Waals surface area contributed by atoms with Gasteiger partial charge in [-0.05, 0) is 35.6 Å². The predicted molar refractivity (Wildman–Crippen MR) is 123 cm³/mol. The molecule has 31 heavy (non-hydrogen) atoms. The molecule has 1 atom stereocenters. The smallest absolute Gasteiger partial charge is 0.319 e. The van der Waals surface area contributed by atoms with Crippen LogP contribution in [0.5, 0.6) is 0 Å². The van der Waals surface area contributed by atoms with Crippen LogP contribution in [0.25, 0.3) is 11.4 Å². The number of aryl methyl sites for hydroxylation is 1. The Morgan fingerprint density at radius 3 is 2.68 bits per heavy atom. The molecule has 2 amide bonds. The first kappa shape index (κ1) is 21.1. The van der Waals surface area contributed by atoms with Crippen LogP contribution in [0.4, 0.5) is 10.5 Å². The van der Waals surface area contributed by atoms with E-state index in [1.165, 1.54) is 11.1 Å². The Balaban J connectivity index is 1.37. The van der Waals surface area contributed by atoms with Crippen molar-refractivity contribution in [3.05, 3.63) is 66.0 Å². The maximum absolute atomic E-state index is 12.6. The zero-order valence-electron chi connectivity index (χ0n) is 18.4. The summed E-state index contributed by atoms with van der Waals surface area (Å²) in [6, 6.07) is 16.4. The Morgan fingerprint density at radius 1 is 1.13 bits per heavy atom. The Labute approximate surface area is 183 Å². The lowest BCUT2D eigenvalue weighted by atomic mass is 9.95. The molecule has 1 aliphatic heterocycles. The first-order valence-electron chi connectivity index (χ1n) is 10.8. The number of nitrogens with zero attached hydrogens (tertiary/aromatic N) is 4. The summed E-state index contributed by atoms with van der Waals surface area (Å²) in [7, 11) is 1.90. The van der Waals surface area contributed by atoms with Crippen molar-refractivity contribution in [3.8, 4) is 11.4 Å². The molecule has 2 aromatic carbocycles. The van der Waals surface area contributed by atoms with Crippen LogP contribution in [0.1, 0.15) is 25.0 Å². The van der Waals surface area contributed by atoms with Gasteiger partial charge in [-0.3, -0.25) is 4.90 Å². The van der Waals surface area contributed by atoms with E-state index in [-0.39, 0.29) is 12.1 Å². The van der Waals surface area contributed by atoms with Crippen LogP contribution < -0.4 is 10.6 Å². The summed E-state index contributed by atoms with van der Waals surface area (Å²) < 4.78 is 1.85. The third kappa shape index (κ3) is 4.94. The molecule has 0 saturated carbocycles. The van der Waals surface area contributed by atoms with Crippen LogP contribution in [0.2, 0.25) is 0 Å². The molecule has 0 unspecified atom stereocenters. The van der Waals surface area contributed by atoms with Gasteiger partial charge in [0.05, 0.1) is 0 Å². The van der Waals surface area contributed by atoms with Crippen LogP contribution in [0, 0.1) is 5.92 Å². The van der Waals surface area contributed by atoms with Crippen LogP contribution in [-0.2, 0) is 20.0 Å². The second kappa shape index (κ2) is 9.31. The van der Waals surface area contributed by atoms with Gasteiger partial charge in [0.1, 0.15) is 6.33 Å². The average Bonchev–Trinajstić information content (AvgIpc) is 3.19. The number of rotatable bonds is 6. The zero-order valence-corrected chi connectivity index (χ0v) is 18.4. The maximum atomic E-state index is 12.6. The van der Waals surface area contributed by atoms with E-state index in [1.54, 1.807) is 6.33 Å². The number of amides is 2. The SMILES string of the molecule is CC(C)[C@@H](CNC(=O)Nc1cccc(-c2nncn2C)c1)N1CCc2ccccc2C1. The monoisotopic (exact) mass is 418 g/mol. The minimum Gasteiger partial charge on any atom is -0.336 e. The Bertz CT molecular complexity index is 1040. The second-order valence-electron chi connectivity index (χ2n) is 8.48. The lowest BCUT2D eigenvalue weighted by Gasteiger charge is -2.38. The van der Waals surface area contributed by atoms with Gasteiger partial charge in [0.25, 0.3) is 0 Å². The van der Waals surface area contributed by atoms with Crippen molar-refractivity contribution in [2.45, 2.75) is 32.9 Å².